The SMILES string of the molecule is CC1(O)CN(C(=O)CCCC2CCCCC2)C1. The van der Waals surface area contributed by atoms with Gasteiger partial charge in [0.15, 0.2) is 0 Å². The molecule has 1 aliphatic carbocycles. The van der Waals surface area contributed by atoms with E-state index in [1.54, 1.807) is 11.8 Å². The maximum absolute atomic E-state index is 11.8. The van der Waals surface area contributed by atoms with Crippen LogP contribution < -0.4 is 0 Å². The Kier molecular flexibility index (Phi) is 4.08. The van der Waals surface area contributed by atoms with Crippen LogP contribution in [-0.4, -0.2) is 34.6 Å². The lowest BCUT2D eigenvalue weighted by Gasteiger charge is -2.44. The molecule has 1 aliphatic heterocycles. The van der Waals surface area contributed by atoms with E-state index in [-0.39, 0.29) is 5.91 Å². The lowest BCUT2D eigenvalue weighted by molar-refractivity contribution is -0.152. The molecule has 0 aromatic carbocycles. The van der Waals surface area contributed by atoms with Gasteiger partial charge in [0.05, 0.1) is 18.7 Å². The number of rotatable bonds is 4. The minimum atomic E-state index is -0.626. The second-order valence-electron chi connectivity index (χ2n) is 6.14. The van der Waals surface area contributed by atoms with Gasteiger partial charge in [0.2, 0.25) is 5.91 Å². The highest BCUT2D eigenvalue weighted by atomic mass is 16.3. The summed E-state index contributed by atoms with van der Waals surface area (Å²) in [6.45, 7) is 2.84. The van der Waals surface area contributed by atoms with Gasteiger partial charge in [0, 0.05) is 6.42 Å². The molecule has 2 fully saturated rings. The fourth-order valence-corrected chi connectivity index (χ4v) is 3.13. The molecule has 98 valence electrons. The number of nitrogens with zero attached hydrogens (tertiary/aromatic N) is 1. The number of carbonyl (C=O) groups excluding carboxylic acids is 1. The molecule has 1 heterocycles. The van der Waals surface area contributed by atoms with Crippen molar-refractivity contribution in [2.45, 2.75) is 63.9 Å². The zero-order chi connectivity index (χ0) is 12.3. The predicted octanol–water partition coefficient (Wildman–Crippen LogP) is 2.33. The van der Waals surface area contributed by atoms with Crippen LogP contribution in [0.5, 0.6) is 0 Å². The van der Waals surface area contributed by atoms with Crippen molar-refractivity contribution in [3.8, 4) is 0 Å². The molecule has 0 spiro atoms. The van der Waals surface area contributed by atoms with Crippen LogP contribution in [0.25, 0.3) is 0 Å². The number of likely N-dealkylation sites (tertiary alicyclic amines) is 1. The molecule has 3 heteroatoms. The van der Waals surface area contributed by atoms with Gasteiger partial charge in [0.1, 0.15) is 0 Å². The maximum Gasteiger partial charge on any atom is 0.222 e. The van der Waals surface area contributed by atoms with Crippen LogP contribution in [0.3, 0.4) is 0 Å². The minimum absolute atomic E-state index is 0.229. The summed E-state index contributed by atoms with van der Waals surface area (Å²) in [7, 11) is 0. The molecule has 0 aromatic rings. The summed E-state index contributed by atoms with van der Waals surface area (Å²) in [6, 6.07) is 0. The Bertz CT molecular complexity index is 261. The lowest BCUT2D eigenvalue weighted by atomic mass is 9.85. The van der Waals surface area contributed by atoms with Crippen LogP contribution in [0.1, 0.15) is 58.3 Å². The number of hydrogen-bond donors (Lipinski definition) is 1. The van der Waals surface area contributed by atoms with Crippen molar-refractivity contribution in [2.75, 3.05) is 13.1 Å². The van der Waals surface area contributed by atoms with E-state index in [2.05, 4.69) is 0 Å². The first kappa shape index (κ1) is 12.9. The molecular formula is C14H25NO2. The normalized spacial score (nSPS) is 24.5. The zero-order valence-corrected chi connectivity index (χ0v) is 11.0. The van der Waals surface area contributed by atoms with Gasteiger partial charge < -0.3 is 10.0 Å². The van der Waals surface area contributed by atoms with Crippen LogP contribution in [0.4, 0.5) is 0 Å². The summed E-state index contributed by atoms with van der Waals surface area (Å²) < 4.78 is 0. The van der Waals surface area contributed by atoms with E-state index in [1.807, 2.05) is 0 Å². The lowest BCUT2D eigenvalue weighted by Crippen LogP contribution is -2.61. The van der Waals surface area contributed by atoms with Crippen LogP contribution >= 0.6 is 0 Å². The van der Waals surface area contributed by atoms with Crippen molar-refractivity contribution < 1.29 is 9.90 Å². The Hall–Kier alpha value is -0.570. The van der Waals surface area contributed by atoms with Crippen molar-refractivity contribution in [2.24, 2.45) is 5.92 Å². The largest absolute Gasteiger partial charge is 0.386 e. The standard InChI is InChI=1S/C14H25NO2/c1-14(17)10-15(11-14)13(16)9-5-8-12-6-3-2-4-7-12/h12,17H,2-11H2,1H3. The highest BCUT2D eigenvalue weighted by Crippen LogP contribution is 2.28. The van der Waals surface area contributed by atoms with Gasteiger partial charge in [-0.25, -0.2) is 0 Å². The van der Waals surface area contributed by atoms with E-state index in [0.717, 1.165) is 12.3 Å². The highest BCUT2D eigenvalue weighted by molar-refractivity contribution is 5.77. The van der Waals surface area contributed by atoms with Crippen molar-refractivity contribution in [3.63, 3.8) is 0 Å². The van der Waals surface area contributed by atoms with Crippen LogP contribution in [-0.2, 0) is 4.79 Å². The first-order valence-electron chi connectivity index (χ1n) is 7.07. The summed E-state index contributed by atoms with van der Waals surface area (Å²) in [5, 5.41) is 9.57. The number of β-amino-alcohol motifs (C(OH)–C–C–N with tert-alkyl or cyclic N) is 1. The minimum Gasteiger partial charge on any atom is -0.386 e. The number of aliphatic hydroxyl groups is 1. The van der Waals surface area contributed by atoms with Gasteiger partial charge >= 0.3 is 0 Å². The van der Waals surface area contributed by atoms with Gasteiger partial charge in [0.25, 0.3) is 0 Å². The number of amides is 1. The van der Waals surface area contributed by atoms with E-state index in [0.29, 0.717) is 19.5 Å². The third-order valence-corrected chi connectivity index (χ3v) is 4.14. The Morgan fingerprint density at radius 1 is 1.29 bits per heavy atom. The summed E-state index contributed by atoms with van der Waals surface area (Å²) in [6.07, 6.45) is 9.82. The van der Waals surface area contributed by atoms with Crippen LogP contribution in [0.15, 0.2) is 0 Å². The van der Waals surface area contributed by atoms with Gasteiger partial charge in [-0.05, 0) is 25.7 Å². The maximum atomic E-state index is 11.8. The van der Waals surface area contributed by atoms with Crippen molar-refractivity contribution in [3.05, 3.63) is 0 Å². The average molecular weight is 239 g/mol. The van der Waals surface area contributed by atoms with E-state index >= 15 is 0 Å². The van der Waals surface area contributed by atoms with E-state index in [9.17, 15) is 9.90 Å². The monoisotopic (exact) mass is 239 g/mol. The highest BCUT2D eigenvalue weighted by Gasteiger charge is 2.38. The first-order chi connectivity index (χ1) is 8.07. The molecule has 0 bridgehead atoms. The Labute approximate surface area is 104 Å². The third kappa shape index (κ3) is 3.70. The predicted molar refractivity (Wildman–Crippen MR) is 67.6 cm³/mol. The molecule has 2 aliphatic rings. The second kappa shape index (κ2) is 5.38. The van der Waals surface area contributed by atoms with Gasteiger partial charge in [-0.15, -0.1) is 0 Å². The Balaban J connectivity index is 1.57. The Morgan fingerprint density at radius 2 is 1.94 bits per heavy atom. The Morgan fingerprint density at radius 3 is 2.53 bits per heavy atom. The molecule has 17 heavy (non-hydrogen) atoms. The fraction of sp³-hybridized carbons (Fsp3) is 0.929. The molecule has 2 rings (SSSR count). The third-order valence-electron chi connectivity index (χ3n) is 4.14. The molecule has 1 amide bonds. The van der Waals surface area contributed by atoms with Crippen LogP contribution in [0, 0.1) is 5.92 Å². The van der Waals surface area contributed by atoms with Crippen molar-refractivity contribution in [1.82, 2.24) is 4.90 Å². The molecule has 0 atom stereocenters. The molecular weight excluding hydrogens is 214 g/mol. The van der Waals surface area contributed by atoms with E-state index < -0.39 is 5.60 Å². The zero-order valence-electron chi connectivity index (χ0n) is 11.0. The second-order valence-corrected chi connectivity index (χ2v) is 6.14. The van der Waals surface area contributed by atoms with Crippen LogP contribution in [0.2, 0.25) is 0 Å². The number of carbonyl (C=O) groups is 1. The van der Waals surface area contributed by atoms with Crippen molar-refractivity contribution >= 4 is 5.91 Å². The molecule has 1 saturated carbocycles. The molecule has 0 radical (unpaired) electrons. The van der Waals surface area contributed by atoms with E-state index in [4.69, 9.17) is 0 Å². The van der Waals surface area contributed by atoms with Gasteiger partial charge in [-0.2, -0.15) is 0 Å². The average Bonchev–Trinajstić information content (AvgIpc) is 2.27. The smallest absolute Gasteiger partial charge is 0.222 e. The number of hydrogen-bond acceptors (Lipinski definition) is 2. The van der Waals surface area contributed by atoms with Crippen molar-refractivity contribution in [1.29, 1.82) is 0 Å². The molecule has 1 saturated heterocycles. The summed E-state index contributed by atoms with van der Waals surface area (Å²) in [5.74, 6) is 1.10. The molecule has 0 unspecified atom stereocenters. The summed E-state index contributed by atoms with van der Waals surface area (Å²) in [4.78, 5) is 13.5. The molecule has 0 aromatic heterocycles. The summed E-state index contributed by atoms with van der Waals surface area (Å²) in [5.41, 5.74) is -0.626. The van der Waals surface area contributed by atoms with Gasteiger partial charge in [-0.1, -0.05) is 32.1 Å². The van der Waals surface area contributed by atoms with Gasteiger partial charge in [-0.3, -0.25) is 4.79 Å². The topological polar surface area (TPSA) is 40.5 Å². The summed E-state index contributed by atoms with van der Waals surface area (Å²) >= 11 is 0. The first-order valence-corrected chi connectivity index (χ1v) is 7.07. The molecule has 1 N–H and O–H groups in total. The quantitative estimate of drug-likeness (QED) is 0.818. The molecule has 3 nitrogen and oxygen atoms in total. The van der Waals surface area contributed by atoms with E-state index in [1.165, 1.54) is 38.5 Å². The fourth-order valence-electron chi connectivity index (χ4n) is 3.13.